The third-order valence-electron chi connectivity index (χ3n) is 1.92. The molecule has 2 N–H and O–H groups in total. The second-order valence-electron chi connectivity index (χ2n) is 5.70. The first-order valence-corrected chi connectivity index (χ1v) is 5.78. The zero-order valence-corrected chi connectivity index (χ0v) is 11.7. The van der Waals surface area contributed by atoms with E-state index in [0.717, 1.165) is 0 Å². The van der Waals surface area contributed by atoms with E-state index in [1.807, 2.05) is 41.5 Å². The van der Waals surface area contributed by atoms with Crippen LogP contribution < -0.4 is 10.6 Å². The molecule has 0 bridgehead atoms. The first-order valence-electron chi connectivity index (χ1n) is 5.78. The van der Waals surface area contributed by atoms with Crippen LogP contribution in [0.4, 0.5) is 4.79 Å². The van der Waals surface area contributed by atoms with Crippen molar-refractivity contribution in [1.82, 2.24) is 10.6 Å². The van der Waals surface area contributed by atoms with E-state index in [9.17, 15) is 4.79 Å². The van der Waals surface area contributed by atoms with Crippen LogP contribution in [0.5, 0.6) is 0 Å². The fraction of sp³-hybridized carbons (Fsp3) is 0.769. The van der Waals surface area contributed by atoms with Gasteiger partial charge in [-0.15, -0.1) is 6.42 Å². The third-order valence-corrected chi connectivity index (χ3v) is 1.92. The number of rotatable bonds is 4. The summed E-state index contributed by atoms with van der Waals surface area (Å²) < 4.78 is 5.13. The summed E-state index contributed by atoms with van der Waals surface area (Å²) in [4.78, 5) is 11.4. The number of ether oxygens (including phenoxy) is 1. The molecule has 0 saturated heterocycles. The van der Waals surface area contributed by atoms with Crippen LogP contribution in [0.3, 0.4) is 0 Å². The van der Waals surface area contributed by atoms with Gasteiger partial charge in [-0.3, -0.25) is 5.32 Å². The van der Waals surface area contributed by atoms with Crippen molar-refractivity contribution in [2.75, 3.05) is 6.54 Å². The van der Waals surface area contributed by atoms with Gasteiger partial charge < -0.3 is 10.1 Å². The second-order valence-corrected chi connectivity index (χ2v) is 5.70. The summed E-state index contributed by atoms with van der Waals surface area (Å²) in [6.45, 7) is 11.7. The van der Waals surface area contributed by atoms with E-state index in [0.29, 0.717) is 6.54 Å². The van der Waals surface area contributed by atoms with Gasteiger partial charge in [-0.2, -0.15) is 0 Å². The molecular weight excluding hydrogens is 216 g/mol. The highest BCUT2D eigenvalue weighted by molar-refractivity contribution is 5.67. The lowest BCUT2D eigenvalue weighted by Crippen LogP contribution is -2.49. The van der Waals surface area contributed by atoms with E-state index in [-0.39, 0.29) is 11.6 Å². The van der Waals surface area contributed by atoms with Crippen molar-refractivity contribution < 1.29 is 9.53 Å². The fourth-order valence-electron chi connectivity index (χ4n) is 1.26. The van der Waals surface area contributed by atoms with Gasteiger partial charge in [0.15, 0.2) is 0 Å². The van der Waals surface area contributed by atoms with Crippen LogP contribution in [0.2, 0.25) is 0 Å². The number of carbonyl (C=O) groups is 1. The molecule has 4 heteroatoms. The van der Waals surface area contributed by atoms with E-state index >= 15 is 0 Å². The van der Waals surface area contributed by atoms with Crippen LogP contribution in [-0.4, -0.2) is 29.8 Å². The Kier molecular flexibility index (Phi) is 5.50. The molecule has 0 aliphatic rings. The molecule has 1 amide bonds. The first kappa shape index (κ1) is 15.8. The Morgan fingerprint density at radius 3 is 2.29 bits per heavy atom. The van der Waals surface area contributed by atoms with Crippen molar-refractivity contribution in [3.63, 3.8) is 0 Å². The molecule has 0 aliphatic carbocycles. The molecule has 17 heavy (non-hydrogen) atoms. The number of carbonyl (C=O) groups excluding carboxylic acids is 1. The summed E-state index contributed by atoms with van der Waals surface area (Å²) in [5.41, 5.74) is -0.853. The maximum atomic E-state index is 11.4. The summed E-state index contributed by atoms with van der Waals surface area (Å²) >= 11 is 0. The minimum atomic E-state index is -0.473. The van der Waals surface area contributed by atoms with Crippen LogP contribution in [-0.2, 0) is 4.74 Å². The highest BCUT2D eigenvalue weighted by atomic mass is 16.6. The first-order chi connectivity index (χ1) is 7.56. The highest BCUT2D eigenvalue weighted by Gasteiger charge is 2.19. The van der Waals surface area contributed by atoms with E-state index < -0.39 is 11.7 Å². The normalized spacial score (nSPS) is 13.7. The molecule has 1 atom stereocenters. The SMILES string of the molecule is C#CC(C)(C)NC(C)CNC(=O)OC(C)(C)C. The fourth-order valence-corrected chi connectivity index (χ4v) is 1.26. The molecule has 0 aromatic heterocycles. The molecule has 0 spiro atoms. The summed E-state index contributed by atoms with van der Waals surface area (Å²) in [6.07, 6.45) is 4.96. The number of hydrogen-bond acceptors (Lipinski definition) is 3. The van der Waals surface area contributed by atoms with Crippen molar-refractivity contribution in [2.24, 2.45) is 0 Å². The lowest BCUT2D eigenvalue weighted by Gasteiger charge is -2.26. The average Bonchev–Trinajstić information content (AvgIpc) is 2.11. The minimum absolute atomic E-state index is 0.0774. The summed E-state index contributed by atoms with van der Waals surface area (Å²) in [6, 6.07) is 0.0774. The zero-order chi connectivity index (χ0) is 13.7. The smallest absolute Gasteiger partial charge is 0.407 e. The number of alkyl carbamates (subject to hydrolysis) is 1. The Labute approximate surface area is 104 Å². The number of terminal acetylenes is 1. The van der Waals surface area contributed by atoms with Gasteiger partial charge in [-0.25, -0.2) is 4.79 Å². The van der Waals surface area contributed by atoms with Crippen molar-refractivity contribution in [1.29, 1.82) is 0 Å². The van der Waals surface area contributed by atoms with E-state index in [4.69, 9.17) is 11.2 Å². The Morgan fingerprint density at radius 2 is 1.88 bits per heavy atom. The van der Waals surface area contributed by atoms with Crippen molar-refractivity contribution >= 4 is 6.09 Å². The molecular formula is C13H24N2O2. The van der Waals surface area contributed by atoms with Gasteiger partial charge in [-0.1, -0.05) is 5.92 Å². The maximum absolute atomic E-state index is 11.4. The van der Waals surface area contributed by atoms with Crippen LogP contribution >= 0.6 is 0 Å². The average molecular weight is 240 g/mol. The van der Waals surface area contributed by atoms with E-state index in [2.05, 4.69) is 16.6 Å². The van der Waals surface area contributed by atoms with Crippen molar-refractivity contribution in [3.8, 4) is 12.3 Å². The van der Waals surface area contributed by atoms with Gasteiger partial charge in [0.1, 0.15) is 5.60 Å². The number of nitrogens with one attached hydrogen (secondary N) is 2. The Hall–Kier alpha value is -1.21. The minimum Gasteiger partial charge on any atom is -0.444 e. The highest BCUT2D eigenvalue weighted by Crippen LogP contribution is 2.06. The monoisotopic (exact) mass is 240 g/mol. The van der Waals surface area contributed by atoms with Crippen LogP contribution in [0.15, 0.2) is 0 Å². The van der Waals surface area contributed by atoms with Gasteiger partial charge in [0.25, 0.3) is 0 Å². The van der Waals surface area contributed by atoms with Crippen molar-refractivity contribution in [2.45, 2.75) is 58.7 Å². The lowest BCUT2D eigenvalue weighted by molar-refractivity contribution is 0.0522. The predicted octanol–water partition coefficient (Wildman–Crippen LogP) is 1.90. The molecule has 0 fully saturated rings. The third kappa shape index (κ3) is 8.58. The molecule has 0 radical (unpaired) electrons. The van der Waals surface area contributed by atoms with E-state index in [1.165, 1.54) is 0 Å². The van der Waals surface area contributed by atoms with Crippen molar-refractivity contribution in [3.05, 3.63) is 0 Å². The lowest BCUT2D eigenvalue weighted by atomic mass is 10.1. The number of amides is 1. The van der Waals surface area contributed by atoms with Gasteiger partial charge in [0, 0.05) is 12.6 Å². The Bertz CT molecular complexity index is 298. The summed E-state index contributed by atoms with van der Waals surface area (Å²) in [5, 5.41) is 5.91. The second kappa shape index (κ2) is 5.92. The molecule has 0 aromatic rings. The van der Waals surface area contributed by atoms with Crippen LogP contribution in [0, 0.1) is 12.3 Å². The van der Waals surface area contributed by atoms with Gasteiger partial charge in [0.2, 0.25) is 0 Å². The number of hydrogen-bond donors (Lipinski definition) is 2. The summed E-state index contributed by atoms with van der Waals surface area (Å²) in [7, 11) is 0. The van der Waals surface area contributed by atoms with Crippen LogP contribution in [0.25, 0.3) is 0 Å². The molecule has 4 nitrogen and oxygen atoms in total. The topological polar surface area (TPSA) is 50.4 Å². The Morgan fingerprint density at radius 1 is 1.35 bits per heavy atom. The van der Waals surface area contributed by atoms with Gasteiger partial charge in [0.05, 0.1) is 5.54 Å². The molecule has 0 aromatic carbocycles. The Balaban J connectivity index is 3.98. The van der Waals surface area contributed by atoms with Crippen LogP contribution in [0.1, 0.15) is 41.5 Å². The van der Waals surface area contributed by atoms with E-state index in [1.54, 1.807) is 0 Å². The molecule has 0 aliphatic heterocycles. The molecule has 0 heterocycles. The molecule has 0 rings (SSSR count). The van der Waals surface area contributed by atoms with Gasteiger partial charge >= 0.3 is 6.09 Å². The summed E-state index contributed by atoms with van der Waals surface area (Å²) in [5.74, 6) is 2.64. The molecule has 0 saturated carbocycles. The quantitative estimate of drug-likeness (QED) is 0.738. The van der Waals surface area contributed by atoms with Gasteiger partial charge in [-0.05, 0) is 41.5 Å². The largest absolute Gasteiger partial charge is 0.444 e. The predicted molar refractivity (Wildman–Crippen MR) is 69.7 cm³/mol. The zero-order valence-electron chi connectivity index (χ0n) is 11.7. The molecule has 1 unspecified atom stereocenters. The maximum Gasteiger partial charge on any atom is 0.407 e. The molecule has 98 valence electrons. The standard InChI is InChI=1S/C13H24N2O2/c1-8-13(6,7)15-10(2)9-14-11(16)17-12(3,4)5/h1,10,15H,9H2,2-7H3,(H,14,16).